The monoisotopic (exact) mass is 210 g/mol. The van der Waals surface area contributed by atoms with Gasteiger partial charge in [-0.3, -0.25) is 0 Å². The summed E-state index contributed by atoms with van der Waals surface area (Å²) in [7, 11) is 0. The van der Waals surface area contributed by atoms with Crippen LogP contribution in [0.15, 0.2) is 0 Å². The first-order valence-electron chi connectivity index (χ1n) is 6.39. The van der Waals surface area contributed by atoms with Crippen LogP contribution in [0.4, 0.5) is 0 Å². The van der Waals surface area contributed by atoms with E-state index in [4.69, 9.17) is 5.73 Å². The van der Waals surface area contributed by atoms with Crippen LogP contribution in [-0.4, -0.2) is 28.8 Å². The number of hydrogen-bond acceptors (Lipinski definition) is 3. The number of rotatable bonds is 1. The average molecular weight is 210 g/mol. The fraction of sp³-hybridized carbons (Fsp3) is 1.00. The number of hydrogen-bond donors (Lipinski definition) is 3. The van der Waals surface area contributed by atoms with Gasteiger partial charge >= 0.3 is 0 Å². The van der Waals surface area contributed by atoms with Gasteiger partial charge < -0.3 is 16.2 Å². The molecule has 2 saturated carbocycles. The largest absolute Gasteiger partial charge is 0.386 e. The second kappa shape index (κ2) is 3.19. The van der Waals surface area contributed by atoms with Crippen LogP contribution in [0, 0.1) is 5.92 Å². The van der Waals surface area contributed by atoms with Gasteiger partial charge in [-0.15, -0.1) is 0 Å². The molecule has 0 aromatic carbocycles. The first-order valence-corrected chi connectivity index (χ1v) is 6.39. The molecule has 2 aliphatic carbocycles. The Hall–Kier alpha value is -0.120. The minimum atomic E-state index is -0.623. The third kappa shape index (κ3) is 1.30. The Morgan fingerprint density at radius 1 is 1.20 bits per heavy atom. The maximum Gasteiger partial charge on any atom is 0.0978 e. The molecule has 3 unspecified atom stereocenters. The lowest BCUT2D eigenvalue weighted by Gasteiger charge is -2.58. The van der Waals surface area contributed by atoms with E-state index >= 15 is 0 Å². The molecule has 1 aliphatic heterocycles. The number of fused-ring (bicyclic) bond motifs is 2. The van der Waals surface area contributed by atoms with Crippen molar-refractivity contribution in [2.45, 2.75) is 62.1 Å². The van der Waals surface area contributed by atoms with Crippen molar-refractivity contribution in [3.63, 3.8) is 0 Å². The second-order valence-electron chi connectivity index (χ2n) is 5.87. The summed E-state index contributed by atoms with van der Waals surface area (Å²) in [5, 5.41) is 14.4. The van der Waals surface area contributed by atoms with E-state index in [1.54, 1.807) is 0 Å². The van der Waals surface area contributed by atoms with Crippen LogP contribution in [0.25, 0.3) is 0 Å². The first-order chi connectivity index (χ1) is 7.14. The van der Waals surface area contributed by atoms with Gasteiger partial charge in [-0.05, 0) is 57.4 Å². The molecule has 0 aromatic rings. The lowest BCUT2D eigenvalue weighted by Crippen LogP contribution is -2.74. The summed E-state index contributed by atoms with van der Waals surface area (Å²) in [4.78, 5) is 0. The van der Waals surface area contributed by atoms with Crippen molar-refractivity contribution >= 4 is 0 Å². The summed E-state index contributed by atoms with van der Waals surface area (Å²) in [6.07, 6.45) is 7.70. The minimum Gasteiger partial charge on any atom is -0.386 e. The molecule has 0 radical (unpaired) electrons. The first kappa shape index (κ1) is 10.1. The molecule has 0 amide bonds. The minimum absolute atomic E-state index is 0.260. The fourth-order valence-corrected chi connectivity index (χ4v) is 3.81. The molecule has 1 saturated heterocycles. The molecule has 4 N–H and O–H groups in total. The van der Waals surface area contributed by atoms with E-state index in [1.165, 1.54) is 19.3 Å². The SMILES string of the molecule is NC1(C2(O)CCC3CCNC2C3)CCC1. The summed E-state index contributed by atoms with van der Waals surface area (Å²) in [6.45, 7) is 1.06. The van der Waals surface area contributed by atoms with Gasteiger partial charge in [0.25, 0.3) is 0 Å². The summed E-state index contributed by atoms with van der Waals surface area (Å²) in [5.41, 5.74) is 5.45. The van der Waals surface area contributed by atoms with Gasteiger partial charge in [0.1, 0.15) is 0 Å². The number of piperidine rings is 1. The van der Waals surface area contributed by atoms with Crippen LogP contribution in [-0.2, 0) is 0 Å². The highest BCUT2D eigenvalue weighted by atomic mass is 16.3. The summed E-state index contributed by atoms with van der Waals surface area (Å²) in [6, 6.07) is 0.260. The highest BCUT2D eigenvalue weighted by Crippen LogP contribution is 2.48. The molecule has 3 heteroatoms. The summed E-state index contributed by atoms with van der Waals surface area (Å²) < 4.78 is 0. The van der Waals surface area contributed by atoms with E-state index in [1.807, 2.05) is 0 Å². The smallest absolute Gasteiger partial charge is 0.0978 e. The molecule has 15 heavy (non-hydrogen) atoms. The Morgan fingerprint density at radius 2 is 2.00 bits per heavy atom. The van der Waals surface area contributed by atoms with E-state index in [-0.39, 0.29) is 11.6 Å². The molecule has 3 fully saturated rings. The van der Waals surface area contributed by atoms with Crippen molar-refractivity contribution < 1.29 is 5.11 Å². The second-order valence-corrected chi connectivity index (χ2v) is 5.87. The summed E-state index contributed by atoms with van der Waals surface area (Å²) >= 11 is 0. The van der Waals surface area contributed by atoms with Crippen molar-refractivity contribution in [3.05, 3.63) is 0 Å². The molecule has 86 valence electrons. The van der Waals surface area contributed by atoms with E-state index in [2.05, 4.69) is 5.32 Å². The quantitative estimate of drug-likeness (QED) is 0.599. The third-order valence-electron chi connectivity index (χ3n) is 5.13. The lowest BCUT2D eigenvalue weighted by atomic mass is 9.57. The van der Waals surface area contributed by atoms with E-state index in [0.29, 0.717) is 0 Å². The Kier molecular flexibility index (Phi) is 2.14. The van der Waals surface area contributed by atoms with Crippen molar-refractivity contribution in [3.8, 4) is 0 Å². The average Bonchev–Trinajstić information content (AvgIpc) is 2.21. The number of nitrogens with one attached hydrogen (secondary N) is 1. The van der Waals surface area contributed by atoms with Gasteiger partial charge in [0.2, 0.25) is 0 Å². The number of aliphatic hydroxyl groups is 1. The van der Waals surface area contributed by atoms with Gasteiger partial charge in [0, 0.05) is 11.6 Å². The topological polar surface area (TPSA) is 58.3 Å². The van der Waals surface area contributed by atoms with Crippen LogP contribution >= 0.6 is 0 Å². The van der Waals surface area contributed by atoms with E-state index in [0.717, 1.165) is 38.1 Å². The summed E-state index contributed by atoms with van der Waals surface area (Å²) in [5.74, 6) is 0.834. The Morgan fingerprint density at radius 3 is 2.67 bits per heavy atom. The molecule has 0 spiro atoms. The maximum atomic E-state index is 10.9. The zero-order valence-electron chi connectivity index (χ0n) is 9.34. The molecule has 2 bridgehead atoms. The highest BCUT2D eigenvalue weighted by molar-refractivity contribution is 5.16. The van der Waals surface area contributed by atoms with Gasteiger partial charge in [-0.2, -0.15) is 0 Å². The normalized spacial score (nSPS) is 48.4. The molecule has 3 nitrogen and oxygen atoms in total. The van der Waals surface area contributed by atoms with Crippen LogP contribution in [0.5, 0.6) is 0 Å². The lowest BCUT2D eigenvalue weighted by molar-refractivity contribution is -0.130. The van der Waals surface area contributed by atoms with Crippen molar-refractivity contribution in [2.75, 3.05) is 6.54 Å². The van der Waals surface area contributed by atoms with Gasteiger partial charge in [-0.25, -0.2) is 0 Å². The van der Waals surface area contributed by atoms with E-state index in [9.17, 15) is 5.11 Å². The standard InChI is InChI=1S/C12H22N2O/c13-11(4-1-5-11)12(15)6-2-9-3-7-14-10(12)8-9/h9-10,14-15H,1-8,13H2. The van der Waals surface area contributed by atoms with Crippen LogP contribution < -0.4 is 11.1 Å². The molecular weight excluding hydrogens is 188 g/mol. The number of nitrogens with two attached hydrogens (primary N) is 1. The molecule has 0 aromatic heterocycles. The van der Waals surface area contributed by atoms with Gasteiger partial charge in [-0.1, -0.05) is 0 Å². The van der Waals surface area contributed by atoms with Crippen molar-refractivity contribution in [1.29, 1.82) is 0 Å². The third-order valence-corrected chi connectivity index (χ3v) is 5.13. The van der Waals surface area contributed by atoms with Crippen LogP contribution in [0.2, 0.25) is 0 Å². The fourth-order valence-electron chi connectivity index (χ4n) is 3.81. The van der Waals surface area contributed by atoms with Crippen molar-refractivity contribution in [2.24, 2.45) is 11.7 Å². The Labute approximate surface area is 91.4 Å². The molecular formula is C12H22N2O. The maximum absolute atomic E-state index is 10.9. The zero-order valence-corrected chi connectivity index (χ0v) is 9.34. The highest BCUT2D eigenvalue weighted by Gasteiger charge is 2.57. The molecule has 3 atom stereocenters. The van der Waals surface area contributed by atoms with Gasteiger partial charge in [0.05, 0.1) is 5.60 Å². The van der Waals surface area contributed by atoms with Crippen LogP contribution in [0.1, 0.15) is 44.9 Å². The molecule has 3 aliphatic rings. The Balaban J connectivity index is 1.84. The van der Waals surface area contributed by atoms with E-state index < -0.39 is 5.60 Å². The van der Waals surface area contributed by atoms with Gasteiger partial charge in [0.15, 0.2) is 0 Å². The molecule has 1 heterocycles. The molecule has 3 rings (SSSR count). The predicted molar refractivity (Wildman–Crippen MR) is 59.5 cm³/mol. The predicted octanol–water partition coefficient (Wildman–Crippen LogP) is 0.761. The van der Waals surface area contributed by atoms with Crippen molar-refractivity contribution in [1.82, 2.24) is 5.32 Å². The Bertz CT molecular complexity index is 264. The van der Waals surface area contributed by atoms with Crippen LogP contribution in [0.3, 0.4) is 0 Å². The zero-order chi connectivity index (χ0) is 10.5.